The van der Waals surface area contributed by atoms with Crippen LogP contribution in [0.15, 0.2) is 267 Å². The normalized spacial score (nSPS) is 11.5. The maximum Gasteiger partial charge on any atom is 0.0640 e. The van der Waals surface area contributed by atoms with Crippen molar-refractivity contribution < 1.29 is 0 Å². The highest BCUT2D eigenvalue weighted by molar-refractivity contribution is 7.26. The van der Waals surface area contributed by atoms with Gasteiger partial charge in [0.05, 0.1) is 21.4 Å². The maximum absolute atomic E-state index is 2.48. The van der Waals surface area contributed by atoms with Crippen LogP contribution in [0, 0.1) is 0 Å². The first kappa shape index (κ1) is 40.5. The summed E-state index contributed by atoms with van der Waals surface area (Å²) >= 11 is 1.87. The van der Waals surface area contributed by atoms with Gasteiger partial charge in [0.2, 0.25) is 0 Å². The molecule has 0 saturated heterocycles. The molecule has 2 heterocycles. The fraction of sp³-hybridized carbons (Fsp3) is 0. The molecule has 2 aromatic heterocycles. The number of hydrogen-bond donors (Lipinski definition) is 0. The van der Waals surface area contributed by atoms with E-state index in [1.54, 1.807) is 0 Å². The molecule has 0 unspecified atom stereocenters. The minimum Gasteiger partial charge on any atom is -0.309 e. The number of nitrogens with zero attached hydrogens (tertiary/aromatic N) is 2. The molecule has 11 aromatic carbocycles. The van der Waals surface area contributed by atoms with Gasteiger partial charge in [-0.25, -0.2) is 0 Å². The Morgan fingerprint density at radius 3 is 1.54 bits per heavy atom. The van der Waals surface area contributed by atoms with Crippen molar-refractivity contribution >= 4 is 70.4 Å². The van der Waals surface area contributed by atoms with Gasteiger partial charge in [-0.15, -0.1) is 11.3 Å². The summed E-state index contributed by atoms with van der Waals surface area (Å²) in [6.45, 7) is 0. The predicted octanol–water partition coefficient (Wildman–Crippen LogP) is 19.0. The first-order valence-electron chi connectivity index (χ1n) is 23.6. The largest absolute Gasteiger partial charge is 0.309 e. The van der Waals surface area contributed by atoms with E-state index in [0.717, 1.165) is 33.8 Å². The molecule has 13 aromatic rings. The smallest absolute Gasteiger partial charge is 0.0640 e. The Balaban J connectivity index is 1.07. The second kappa shape index (κ2) is 17.2. The molecule has 0 bridgehead atoms. The quantitative estimate of drug-likeness (QED) is 0.140. The Kier molecular flexibility index (Phi) is 10.1. The summed E-state index contributed by atoms with van der Waals surface area (Å²) < 4.78 is 5.02. The number of hydrogen-bond acceptors (Lipinski definition) is 2. The zero-order chi connectivity index (χ0) is 45.7. The monoisotopic (exact) mass is 896 g/mol. The van der Waals surface area contributed by atoms with Gasteiger partial charge in [-0.3, -0.25) is 0 Å². The lowest BCUT2D eigenvalue weighted by atomic mass is 9.95. The lowest BCUT2D eigenvalue weighted by Crippen LogP contribution is -2.10. The summed E-state index contributed by atoms with van der Waals surface area (Å²) in [7, 11) is 0. The summed E-state index contributed by atoms with van der Waals surface area (Å²) in [5, 5.41) is 4.93. The first-order chi connectivity index (χ1) is 34.2. The molecule has 69 heavy (non-hydrogen) atoms. The van der Waals surface area contributed by atoms with Gasteiger partial charge in [-0.05, 0) is 123 Å². The highest BCUT2D eigenvalue weighted by Crippen LogP contribution is 2.48. The van der Waals surface area contributed by atoms with Crippen LogP contribution < -0.4 is 4.90 Å². The Morgan fingerprint density at radius 1 is 0.304 bits per heavy atom. The fourth-order valence-electron chi connectivity index (χ4n) is 10.3. The molecular weight excluding hydrogens is 853 g/mol. The average Bonchev–Trinajstić information content (AvgIpc) is 3.98. The van der Waals surface area contributed by atoms with Gasteiger partial charge in [-0.1, -0.05) is 194 Å². The lowest BCUT2D eigenvalue weighted by Gasteiger charge is -2.27. The van der Waals surface area contributed by atoms with Crippen molar-refractivity contribution in [2.45, 2.75) is 0 Å². The molecule has 324 valence electrons. The van der Waals surface area contributed by atoms with Crippen molar-refractivity contribution in [2.24, 2.45) is 0 Å². The van der Waals surface area contributed by atoms with Crippen LogP contribution in [0.3, 0.4) is 0 Å². The van der Waals surface area contributed by atoms with Crippen LogP contribution in [0.5, 0.6) is 0 Å². The summed E-state index contributed by atoms with van der Waals surface area (Å²) in [5.41, 5.74) is 18.7. The molecule has 0 spiro atoms. The Morgan fingerprint density at radius 2 is 0.826 bits per heavy atom. The number of fused-ring (bicyclic) bond motifs is 6. The van der Waals surface area contributed by atoms with Gasteiger partial charge in [0.25, 0.3) is 0 Å². The van der Waals surface area contributed by atoms with Gasteiger partial charge >= 0.3 is 0 Å². The van der Waals surface area contributed by atoms with Gasteiger partial charge in [0.1, 0.15) is 0 Å². The van der Waals surface area contributed by atoms with Gasteiger partial charge in [-0.2, -0.15) is 0 Å². The number of rotatable bonds is 9. The molecule has 3 heteroatoms. The van der Waals surface area contributed by atoms with E-state index in [4.69, 9.17) is 0 Å². The SMILES string of the molecule is c1ccc(-c2ccc(-n3c4ccc(N(c5cccc(-c6cccc(-c7ccccc7)c6)c5)c5cccc6c5sc5ccccc56)cc4c4cc(-c5ccccc5)cc(-c5ccccc5)c43)cc2)cc1. The summed E-state index contributed by atoms with van der Waals surface area (Å²) in [4.78, 5) is 2.48. The van der Waals surface area contributed by atoms with Crippen molar-refractivity contribution in [2.75, 3.05) is 4.90 Å². The van der Waals surface area contributed by atoms with Crippen molar-refractivity contribution in [3.8, 4) is 61.3 Å². The van der Waals surface area contributed by atoms with Crippen molar-refractivity contribution in [3.63, 3.8) is 0 Å². The molecule has 2 nitrogen and oxygen atoms in total. The van der Waals surface area contributed by atoms with Crippen molar-refractivity contribution in [1.29, 1.82) is 0 Å². The van der Waals surface area contributed by atoms with Gasteiger partial charge in [0, 0.05) is 48.9 Å². The lowest BCUT2D eigenvalue weighted by molar-refractivity contribution is 1.18. The molecular formula is C66H44N2S. The van der Waals surface area contributed by atoms with Crippen LogP contribution in [0.25, 0.3) is 103 Å². The fourth-order valence-corrected chi connectivity index (χ4v) is 11.5. The third kappa shape index (κ3) is 7.28. The first-order valence-corrected chi connectivity index (χ1v) is 24.4. The van der Waals surface area contributed by atoms with Gasteiger partial charge in [0.15, 0.2) is 0 Å². The molecule has 0 saturated carbocycles. The maximum atomic E-state index is 2.48. The third-order valence-corrected chi connectivity index (χ3v) is 14.8. The van der Waals surface area contributed by atoms with E-state index in [9.17, 15) is 0 Å². The molecule has 0 radical (unpaired) electrons. The van der Waals surface area contributed by atoms with Crippen LogP contribution in [0.2, 0.25) is 0 Å². The highest BCUT2D eigenvalue weighted by atomic mass is 32.1. The molecule has 0 fully saturated rings. The van der Waals surface area contributed by atoms with Crippen LogP contribution in [-0.4, -0.2) is 4.57 Å². The molecule has 0 amide bonds. The standard InChI is InChI=1S/C66H44N2S/c1-5-18-45(19-6-1)48-34-36-54(37-35-48)68-62-39-38-56(44-60(62)61-43-53(47-22-9-3-10-23-47)42-59(65(61)68)49-24-11-4-12-25-49)67(63-32-17-31-58-57-30-13-14-33-64(57)69-66(58)63)55-29-16-28-52(41-55)51-27-15-26-50(40-51)46-20-7-2-8-21-46/h1-44H. The van der Waals surface area contributed by atoms with Crippen molar-refractivity contribution in [3.05, 3.63) is 267 Å². The minimum atomic E-state index is 1.09. The number of anilines is 3. The van der Waals surface area contributed by atoms with Gasteiger partial charge < -0.3 is 9.47 Å². The van der Waals surface area contributed by atoms with Crippen LogP contribution in [0.4, 0.5) is 17.1 Å². The van der Waals surface area contributed by atoms with E-state index in [0.29, 0.717) is 0 Å². The molecule has 0 aliphatic heterocycles. The Bertz CT molecular complexity index is 3980. The topological polar surface area (TPSA) is 8.17 Å². The predicted molar refractivity (Wildman–Crippen MR) is 296 cm³/mol. The summed E-state index contributed by atoms with van der Waals surface area (Å²) in [5.74, 6) is 0. The number of aromatic nitrogens is 1. The molecule has 0 aliphatic carbocycles. The van der Waals surface area contributed by atoms with E-state index < -0.39 is 0 Å². The van der Waals surface area contributed by atoms with Crippen LogP contribution in [-0.2, 0) is 0 Å². The van der Waals surface area contributed by atoms with E-state index in [1.165, 1.54) is 86.5 Å². The Labute approximate surface area is 405 Å². The molecule has 0 aliphatic rings. The average molecular weight is 897 g/mol. The Hall–Kier alpha value is -8.76. The second-order valence-corrected chi connectivity index (χ2v) is 18.7. The van der Waals surface area contributed by atoms with E-state index >= 15 is 0 Å². The second-order valence-electron chi connectivity index (χ2n) is 17.7. The molecule has 0 atom stereocenters. The van der Waals surface area contributed by atoms with Crippen LogP contribution in [0.1, 0.15) is 0 Å². The third-order valence-electron chi connectivity index (χ3n) is 13.6. The molecule has 0 N–H and O–H groups in total. The zero-order valence-corrected chi connectivity index (χ0v) is 38.5. The number of thiophene rings is 1. The van der Waals surface area contributed by atoms with E-state index in [1.807, 2.05) is 11.3 Å². The minimum absolute atomic E-state index is 1.09. The number of benzene rings is 11. The van der Waals surface area contributed by atoms with E-state index in [2.05, 4.69) is 276 Å². The molecule has 13 rings (SSSR count). The summed E-state index contributed by atoms with van der Waals surface area (Å²) in [6, 6.07) is 97.5. The van der Waals surface area contributed by atoms with Crippen molar-refractivity contribution in [1.82, 2.24) is 4.57 Å². The summed E-state index contributed by atoms with van der Waals surface area (Å²) in [6.07, 6.45) is 0. The highest BCUT2D eigenvalue weighted by Gasteiger charge is 2.23. The zero-order valence-electron chi connectivity index (χ0n) is 37.7. The van der Waals surface area contributed by atoms with E-state index in [-0.39, 0.29) is 0 Å². The van der Waals surface area contributed by atoms with Crippen LogP contribution >= 0.6 is 11.3 Å².